The van der Waals surface area contributed by atoms with Gasteiger partial charge in [0, 0.05) is 5.75 Å². The largest absolute Gasteiger partial charge is 0.394 e. The molecule has 1 heterocycles. The topological polar surface area (TPSA) is 75.5 Å². The molecule has 0 aliphatic rings. The van der Waals surface area contributed by atoms with Gasteiger partial charge in [0.15, 0.2) is 4.34 Å². The van der Waals surface area contributed by atoms with Gasteiger partial charge in [-0.15, -0.1) is 10.2 Å². The number of hydrogen-bond acceptors (Lipinski definition) is 7. The van der Waals surface area contributed by atoms with Crippen molar-refractivity contribution in [2.24, 2.45) is 0 Å². The summed E-state index contributed by atoms with van der Waals surface area (Å²) in [5.74, 6) is 0.528. The lowest BCUT2D eigenvalue weighted by Gasteiger charge is -2.08. The highest BCUT2D eigenvalue weighted by molar-refractivity contribution is 8.01. The minimum atomic E-state index is -0.536. The first-order chi connectivity index (χ1) is 7.22. The predicted octanol–water partition coefficient (Wildman–Crippen LogP) is 0.308. The summed E-state index contributed by atoms with van der Waals surface area (Å²) >= 11 is 2.97. The van der Waals surface area contributed by atoms with Crippen LogP contribution in [0, 0.1) is 6.92 Å². The van der Waals surface area contributed by atoms with Gasteiger partial charge in [0.05, 0.1) is 25.9 Å². The Morgan fingerprint density at radius 1 is 1.53 bits per heavy atom. The van der Waals surface area contributed by atoms with Crippen molar-refractivity contribution >= 4 is 23.1 Å². The summed E-state index contributed by atoms with van der Waals surface area (Å²) in [4.78, 5) is 0. The van der Waals surface area contributed by atoms with Crippen LogP contribution in [0.3, 0.4) is 0 Å². The van der Waals surface area contributed by atoms with E-state index in [1.54, 1.807) is 0 Å². The molecular weight excluding hydrogens is 236 g/mol. The Morgan fingerprint density at radius 2 is 2.33 bits per heavy atom. The van der Waals surface area contributed by atoms with Crippen molar-refractivity contribution < 1.29 is 14.9 Å². The van der Waals surface area contributed by atoms with Crippen LogP contribution < -0.4 is 0 Å². The van der Waals surface area contributed by atoms with Crippen LogP contribution in [0.15, 0.2) is 4.34 Å². The zero-order chi connectivity index (χ0) is 11.1. The second kappa shape index (κ2) is 7.13. The summed E-state index contributed by atoms with van der Waals surface area (Å²) in [6.07, 6.45) is -0.536. The molecule has 0 aliphatic carbocycles. The van der Waals surface area contributed by atoms with Gasteiger partial charge < -0.3 is 14.9 Å². The van der Waals surface area contributed by atoms with E-state index in [-0.39, 0.29) is 19.8 Å². The predicted molar refractivity (Wildman–Crippen MR) is 59.3 cm³/mol. The third-order valence-corrected chi connectivity index (χ3v) is 3.57. The molecule has 0 amide bonds. The lowest BCUT2D eigenvalue weighted by Crippen LogP contribution is -2.19. The molecule has 1 atom stereocenters. The number of aromatic nitrogens is 2. The van der Waals surface area contributed by atoms with Gasteiger partial charge in [0.1, 0.15) is 5.01 Å². The van der Waals surface area contributed by atoms with E-state index < -0.39 is 6.10 Å². The molecule has 0 unspecified atom stereocenters. The molecule has 0 aromatic carbocycles. The molecule has 5 nitrogen and oxygen atoms in total. The van der Waals surface area contributed by atoms with Crippen molar-refractivity contribution in [3.63, 3.8) is 0 Å². The van der Waals surface area contributed by atoms with E-state index in [4.69, 9.17) is 9.84 Å². The summed E-state index contributed by atoms with van der Waals surface area (Å²) < 4.78 is 5.85. The average molecular weight is 250 g/mol. The van der Waals surface area contributed by atoms with E-state index in [2.05, 4.69) is 10.2 Å². The quantitative estimate of drug-likeness (QED) is 0.536. The van der Waals surface area contributed by atoms with E-state index in [0.29, 0.717) is 5.75 Å². The molecule has 0 saturated heterocycles. The number of aryl methyl sites for hydroxylation is 1. The first-order valence-corrected chi connectivity index (χ1v) is 6.32. The molecule has 1 rings (SSSR count). The van der Waals surface area contributed by atoms with Crippen LogP contribution >= 0.6 is 23.1 Å². The van der Waals surface area contributed by atoms with Crippen LogP contribution in [0.1, 0.15) is 5.01 Å². The fourth-order valence-corrected chi connectivity index (χ4v) is 2.58. The second-order valence-corrected chi connectivity index (χ2v) is 5.30. The zero-order valence-electron chi connectivity index (χ0n) is 8.42. The van der Waals surface area contributed by atoms with Crippen molar-refractivity contribution in [1.82, 2.24) is 10.2 Å². The SMILES string of the molecule is Cc1nnc(SC[C@H](O)COCCO)s1. The lowest BCUT2D eigenvalue weighted by molar-refractivity contribution is 0.0311. The minimum Gasteiger partial charge on any atom is -0.394 e. The summed E-state index contributed by atoms with van der Waals surface area (Å²) in [5.41, 5.74) is 0. The Bertz CT molecular complexity index is 283. The molecule has 2 N–H and O–H groups in total. The molecule has 0 bridgehead atoms. The molecule has 7 heteroatoms. The first-order valence-electron chi connectivity index (χ1n) is 4.52. The van der Waals surface area contributed by atoms with Gasteiger partial charge in [-0.1, -0.05) is 23.1 Å². The number of aliphatic hydroxyl groups is 2. The fraction of sp³-hybridized carbons (Fsp3) is 0.750. The maximum atomic E-state index is 9.47. The Morgan fingerprint density at radius 3 is 2.93 bits per heavy atom. The smallest absolute Gasteiger partial charge is 0.174 e. The van der Waals surface area contributed by atoms with Gasteiger partial charge in [0.25, 0.3) is 0 Å². The molecule has 0 fully saturated rings. The van der Waals surface area contributed by atoms with Crippen LogP contribution in [0.25, 0.3) is 0 Å². The summed E-state index contributed by atoms with van der Waals surface area (Å²) in [6, 6.07) is 0. The number of nitrogens with zero attached hydrogens (tertiary/aromatic N) is 2. The molecule has 0 radical (unpaired) electrons. The Hall–Kier alpha value is -0.210. The average Bonchev–Trinajstić information content (AvgIpc) is 2.62. The summed E-state index contributed by atoms with van der Waals surface area (Å²) in [7, 11) is 0. The van der Waals surface area contributed by atoms with Gasteiger partial charge in [-0.2, -0.15) is 0 Å². The van der Waals surface area contributed by atoms with Crippen molar-refractivity contribution in [3.8, 4) is 0 Å². The monoisotopic (exact) mass is 250 g/mol. The second-order valence-electron chi connectivity index (χ2n) is 2.85. The van der Waals surface area contributed by atoms with Crippen LogP contribution in [-0.2, 0) is 4.74 Å². The lowest BCUT2D eigenvalue weighted by atomic mass is 10.4. The molecule has 15 heavy (non-hydrogen) atoms. The molecule has 0 saturated carbocycles. The maximum absolute atomic E-state index is 9.47. The third-order valence-electron chi connectivity index (χ3n) is 1.45. The normalized spacial score (nSPS) is 13.0. The van der Waals surface area contributed by atoms with E-state index >= 15 is 0 Å². The standard InChI is InChI=1S/C8H14N2O3S2/c1-6-9-10-8(15-6)14-5-7(12)4-13-3-2-11/h7,11-12H,2-5H2,1H3/t7-/m1/s1. The van der Waals surface area contributed by atoms with Gasteiger partial charge in [-0.3, -0.25) is 0 Å². The molecule has 0 spiro atoms. The molecular formula is C8H14N2O3S2. The van der Waals surface area contributed by atoms with Gasteiger partial charge >= 0.3 is 0 Å². The highest BCUT2D eigenvalue weighted by atomic mass is 32.2. The van der Waals surface area contributed by atoms with Crippen molar-refractivity contribution in [2.75, 3.05) is 25.6 Å². The Labute approximate surface area is 96.5 Å². The Balaban J connectivity index is 2.13. The fourth-order valence-electron chi connectivity index (χ4n) is 0.836. The Kier molecular flexibility index (Phi) is 6.11. The highest BCUT2D eigenvalue weighted by Crippen LogP contribution is 2.22. The highest BCUT2D eigenvalue weighted by Gasteiger charge is 2.07. The number of aliphatic hydroxyl groups excluding tert-OH is 2. The minimum absolute atomic E-state index is 0.0184. The van der Waals surface area contributed by atoms with E-state index in [9.17, 15) is 5.11 Å². The summed E-state index contributed by atoms with van der Waals surface area (Å²) in [6.45, 7) is 2.38. The molecule has 1 aromatic rings. The van der Waals surface area contributed by atoms with Crippen LogP contribution in [-0.4, -0.2) is 52.1 Å². The molecule has 1 aromatic heterocycles. The number of rotatable bonds is 7. The van der Waals surface area contributed by atoms with Crippen LogP contribution in [0.5, 0.6) is 0 Å². The maximum Gasteiger partial charge on any atom is 0.174 e. The van der Waals surface area contributed by atoms with E-state index in [1.165, 1.54) is 23.1 Å². The van der Waals surface area contributed by atoms with Gasteiger partial charge in [-0.05, 0) is 6.92 Å². The van der Waals surface area contributed by atoms with Crippen molar-refractivity contribution in [3.05, 3.63) is 5.01 Å². The van der Waals surface area contributed by atoms with E-state index in [0.717, 1.165) is 9.35 Å². The number of ether oxygens (including phenoxy) is 1. The molecule has 0 aliphatic heterocycles. The zero-order valence-corrected chi connectivity index (χ0v) is 10.1. The first kappa shape index (κ1) is 12.9. The summed E-state index contributed by atoms with van der Waals surface area (Å²) in [5, 5.41) is 26.6. The molecule has 86 valence electrons. The van der Waals surface area contributed by atoms with Crippen molar-refractivity contribution in [2.45, 2.75) is 17.4 Å². The van der Waals surface area contributed by atoms with Crippen molar-refractivity contribution in [1.29, 1.82) is 0 Å². The van der Waals surface area contributed by atoms with Gasteiger partial charge in [0.2, 0.25) is 0 Å². The third kappa shape index (κ3) is 5.43. The van der Waals surface area contributed by atoms with Crippen LogP contribution in [0.4, 0.5) is 0 Å². The number of thioether (sulfide) groups is 1. The number of hydrogen-bond donors (Lipinski definition) is 2. The van der Waals surface area contributed by atoms with E-state index in [1.807, 2.05) is 6.92 Å². The van der Waals surface area contributed by atoms with Crippen LogP contribution in [0.2, 0.25) is 0 Å². The van der Waals surface area contributed by atoms with Gasteiger partial charge in [-0.25, -0.2) is 0 Å².